The lowest BCUT2D eigenvalue weighted by Gasteiger charge is -2.12. The summed E-state index contributed by atoms with van der Waals surface area (Å²) in [5.74, 6) is 0. The van der Waals surface area contributed by atoms with Crippen molar-refractivity contribution in [1.29, 1.82) is 0 Å². The van der Waals surface area contributed by atoms with Gasteiger partial charge in [0.1, 0.15) is 0 Å². The van der Waals surface area contributed by atoms with Crippen LogP contribution in [0.5, 0.6) is 0 Å². The fraction of sp³-hybridized carbons (Fsp3) is 0.700. The summed E-state index contributed by atoms with van der Waals surface area (Å²) in [5.41, 5.74) is 1.56. The van der Waals surface area contributed by atoms with Crippen LogP contribution in [0, 0.1) is 0 Å². The minimum Gasteiger partial charge on any atom is -0.303 e. The maximum atomic E-state index is 4.15. The summed E-state index contributed by atoms with van der Waals surface area (Å²) in [6, 6.07) is 0. The summed E-state index contributed by atoms with van der Waals surface area (Å²) in [6.07, 6.45) is 10.8. The van der Waals surface area contributed by atoms with E-state index in [0.29, 0.717) is 0 Å². The van der Waals surface area contributed by atoms with Crippen LogP contribution in [-0.2, 0) is 0 Å². The summed E-state index contributed by atoms with van der Waals surface area (Å²) >= 11 is 0. The molecular weight excluding hydrogens is 148 g/mol. The Morgan fingerprint density at radius 3 is 2.42 bits per heavy atom. The maximum absolute atomic E-state index is 4.15. The lowest BCUT2D eigenvalue weighted by Crippen LogP contribution is -2.01. The van der Waals surface area contributed by atoms with Crippen molar-refractivity contribution >= 4 is 6.21 Å². The summed E-state index contributed by atoms with van der Waals surface area (Å²) in [4.78, 5) is 0. The second-order valence-electron chi connectivity index (χ2n) is 3.50. The highest BCUT2D eigenvalue weighted by Crippen LogP contribution is 2.21. The third kappa shape index (κ3) is 3.56. The molecule has 68 valence electrons. The highest BCUT2D eigenvalue weighted by molar-refractivity contribution is 5.71. The largest absolute Gasteiger partial charge is 0.303 e. The summed E-state index contributed by atoms with van der Waals surface area (Å²) < 4.78 is 0. The summed E-state index contributed by atoms with van der Waals surface area (Å²) in [7, 11) is 3.88. The van der Waals surface area contributed by atoms with Crippen LogP contribution < -0.4 is 0 Å². The number of hydrogen-bond acceptors (Lipinski definition) is 2. The molecule has 2 heteroatoms. The van der Waals surface area contributed by atoms with Gasteiger partial charge in [0.25, 0.3) is 0 Å². The molecule has 0 aromatic rings. The molecule has 2 nitrogen and oxygen atoms in total. The van der Waals surface area contributed by atoms with Gasteiger partial charge < -0.3 is 5.01 Å². The van der Waals surface area contributed by atoms with Crippen molar-refractivity contribution < 1.29 is 0 Å². The van der Waals surface area contributed by atoms with E-state index in [1.807, 2.05) is 25.3 Å². The summed E-state index contributed by atoms with van der Waals surface area (Å²) in [6.45, 7) is 0. The minimum atomic E-state index is 1.28. The Bertz CT molecular complexity index is 172. The molecule has 0 aromatic heterocycles. The first-order valence-corrected chi connectivity index (χ1v) is 4.68. The van der Waals surface area contributed by atoms with Gasteiger partial charge in [0.15, 0.2) is 0 Å². The highest BCUT2D eigenvalue weighted by atomic mass is 15.4. The first-order valence-electron chi connectivity index (χ1n) is 4.68. The smallest absolute Gasteiger partial charge is 0.0469 e. The van der Waals surface area contributed by atoms with Crippen LogP contribution in [0.15, 0.2) is 16.8 Å². The molecule has 1 aliphatic carbocycles. The average molecular weight is 166 g/mol. The second-order valence-corrected chi connectivity index (χ2v) is 3.50. The monoisotopic (exact) mass is 166 g/mol. The Labute approximate surface area is 75.0 Å². The van der Waals surface area contributed by atoms with Gasteiger partial charge in [0.2, 0.25) is 0 Å². The van der Waals surface area contributed by atoms with Crippen LogP contribution in [0.4, 0.5) is 0 Å². The Balaban J connectivity index is 2.34. The van der Waals surface area contributed by atoms with Crippen LogP contribution in [0.1, 0.15) is 32.1 Å². The zero-order chi connectivity index (χ0) is 8.81. The first-order chi connectivity index (χ1) is 5.79. The van der Waals surface area contributed by atoms with Crippen LogP contribution in [-0.4, -0.2) is 25.3 Å². The quantitative estimate of drug-likeness (QED) is 0.454. The predicted octanol–water partition coefficient (Wildman–Crippen LogP) is 2.42. The lowest BCUT2D eigenvalue weighted by atomic mass is 9.95. The van der Waals surface area contributed by atoms with Gasteiger partial charge in [0.05, 0.1) is 0 Å². The van der Waals surface area contributed by atoms with E-state index in [4.69, 9.17) is 0 Å². The normalized spacial score (nSPS) is 18.3. The number of hydrazone groups is 1. The van der Waals surface area contributed by atoms with Crippen LogP contribution in [0.25, 0.3) is 0 Å². The van der Waals surface area contributed by atoms with Crippen molar-refractivity contribution in [3.63, 3.8) is 0 Å². The molecule has 1 aliphatic rings. The fourth-order valence-corrected chi connectivity index (χ4v) is 1.44. The fourth-order valence-electron chi connectivity index (χ4n) is 1.44. The molecule has 0 bridgehead atoms. The van der Waals surface area contributed by atoms with Crippen LogP contribution in [0.2, 0.25) is 0 Å². The zero-order valence-corrected chi connectivity index (χ0v) is 8.08. The van der Waals surface area contributed by atoms with E-state index in [9.17, 15) is 0 Å². The van der Waals surface area contributed by atoms with Crippen molar-refractivity contribution in [2.24, 2.45) is 5.10 Å². The van der Waals surface area contributed by atoms with E-state index in [-0.39, 0.29) is 0 Å². The molecule has 0 amide bonds. The van der Waals surface area contributed by atoms with Crippen molar-refractivity contribution in [1.82, 2.24) is 5.01 Å². The second kappa shape index (κ2) is 4.96. The number of allylic oxidation sites excluding steroid dienone is 2. The predicted molar refractivity (Wildman–Crippen MR) is 53.3 cm³/mol. The molecule has 0 aliphatic heterocycles. The molecule has 0 aromatic carbocycles. The molecule has 12 heavy (non-hydrogen) atoms. The minimum absolute atomic E-state index is 1.28. The van der Waals surface area contributed by atoms with E-state index in [2.05, 4.69) is 11.2 Å². The zero-order valence-electron chi connectivity index (χ0n) is 8.08. The Hall–Kier alpha value is -0.790. The third-order valence-electron chi connectivity index (χ3n) is 2.10. The van der Waals surface area contributed by atoms with Crippen molar-refractivity contribution in [3.8, 4) is 0 Å². The van der Waals surface area contributed by atoms with E-state index in [1.165, 1.54) is 32.1 Å². The topological polar surface area (TPSA) is 15.6 Å². The first kappa shape index (κ1) is 9.30. The van der Waals surface area contributed by atoms with Gasteiger partial charge in [-0.2, -0.15) is 5.10 Å². The van der Waals surface area contributed by atoms with Crippen molar-refractivity contribution in [2.75, 3.05) is 14.1 Å². The van der Waals surface area contributed by atoms with Gasteiger partial charge in [-0.25, -0.2) is 0 Å². The maximum Gasteiger partial charge on any atom is 0.0469 e. The van der Waals surface area contributed by atoms with Crippen LogP contribution >= 0.6 is 0 Å². The van der Waals surface area contributed by atoms with Gasteiger partial charge in [0, 0.05) is 20.3 Å². The Morgan fingerprint density at radius 1 is 1.17 bits per heavy atom. The van der Waals surface area contributed by atoms with E-state index in [1.54, 1.807) is 5.57 Å². The van der Waals surface area contributed by atoms with Crippen LogP contribution in [0.3, 0.4) is 0 Å². The van der Waals surface area contributed by atoms with E-state index >= 15 is 0 Å². The molecule has 1 saturated carbocycles. The molecular formula is C10H18N2. The van der Waals surface area contributed by atoms with Crippen molar-refractivity contribution in [3.05, 3.63) is 11.6 Å². The summed E-state index contributed by atoms with van der Waals surface area (Å²) in [5, 5.41) is 5.97. The third-order valence-corrected chi connectivity index (χ3v) is 2.10. The van der Waals surface area contributed by atoms with Gasteiger partial charge in [-0.15, -0.1) is 0 Å². The SMILES string of the molecule is CN(C)N=CC=C1CCCCC1. The molecule has 0 unspecified atom stereocenters. The molecule has 0 N–H and O–H groups in total. The molecule has 1 rings (SSSR count). The van der Waals surface area contributed by atoms with E-state index < -0.39 is 0 Å². The standard InChI is InChI=1S/C10H18N2/c1-12(2)11-9-8-10-6-4-3-5-7-10/h8-9H,3-7H2,1-2H3. The number of nitrogens with zero attached hydrogens (tertiary/aromatic N) is 2. The Kier molecular flexibility index (Phi) is 3.85. The number of hydrogen-bond donors (Lipinski definition) is 0. The lowest BCUT2D eigenvalue weighted by molar-refractivity contribution is 0.440. The van der Waals surface area contributed by atoms with Gasteiger partial charge in [-0.05, 0) is 31.8 Å². The Morgan fingerprint density at radius 2 is 1.83 bits per heavy atom. The molecule has 0 spiro atoms. The molecule has 1 fully saturated rings. The number of rotatable bonds is 2. The average Bonchev–Trinajstić information content (AvgIpc) is 2.05. The van der Waals surface area contributed by atoms with Crippen molar-refractivity contribution in [2.45, 2.75) is 32.1 Å². The van der Waals surface area contributed by atoms with Gasteiger partial charge in [-0.1, -0.05) is 12.0 Å². The van der Waals surface area contributed by atoms with Gasteiger partial charge >= 0.3 is 0 Å². The molecule has 0 atom stereocenters. The molecule has 0 saturated heterocycles. The highest BCUT2D eigenvalue weighted by Gasteiger charge is 2.03. The van der Waals surface area contributed by atoms with Gasteiger partial charge in [-0.3, -0.25) is 0 Å². The molecule has 0 radical (unpaired) electrons. The molecule has 0 heterocycles. The van der Waals surface area contributed by atoms with E-state index in [0.717, 1.165) is 0 Å².